The first kappa shape index (κ1) is 19.5. The van der Waals surface area contributed by atoms with Gasteiger partial charge in [0, 0.05) is 28.7 Å². The average molecular weight is 404 g/mol. The molecule has 152 valence electrons. The molecule has 0 amide bonds. The van der Waals surface area contributed by atoms with Gasteiger partial charge in [0.15, 0.2) is 17.3 Å². The lowest BCUT2D eigenvalue weighted by molar-refractivity contribution is 0.0965. The molecule has 0 saturated heterocycles. The van der Waals surface area contributed by atoms with Crippen LogP contribution in [-0.2, 0) is 6.54 Å². The number of hydrogen-bond donors (Lipinski definition) is 0. The summed E-state index contributed by atoms with van der Waals surface area (Å²) in [6.45, 7) is 7.09. The molecule has 0 saturated carbocycles. The third-order valence-electron chi connectivity index (χ3n) is 5.39. The van der Waals surface area contributed by atoms with Crippen molar-refractivity contribution in [3.05, 3.63) is 68.4 Å². The van der Waals surface area contributed by atoms with Gasteiger partial charge in [-0.2, -0.15) is 10.4 Å². The van der Waals surface area contributed by atoms with Gasteiger partial charge in [-0.15, -0.1) is 0 Å². The van der Waals surface area contributed by atoms with E-state index in [-0.39, 0.29) is 24.7 Å². The number of aryl methyl sites for hydroxylation is 2. The molecule has 0 N–H and O–H groups in total. The van der Waals surface area contributed by atoms with Gasteiger partial charge in [0.1, 0.15) is 18.2 Å². The van der Waals surface area contributed by atoms with Crippen molar-refractivity contribution in [2.24, 2.45) is 0 Å². The Kier molecular flexibility index (Phi) is 4.66. The Bertz CT molecular complexity index is 1290. The maximum Gasteiger partial charge on any atom is 0.285 e. The van der Waals surface area contributed by atoms with Gasteiger partial charge in [0.05, 0.1) is 5.69 Å². The van der Waals surface area contributed by atoms with Crippen molar-refractivity contribution < 1.29 is 14.3 Å². The Morgan fingerprint density at radius 3 is 2.63 bits per heavy atom. The molecule has 1 aliphatic rings. The van der Waals surface area contributed by atoms with Gasteiger partial charge < -0.3 is 14.0 Å². The molecule has 0 unspecified atom stereocenters. The van der Waals surface area contributed by atoms with Crippen molar-refractivity contribution in [3.63, 3.8) is 0 Å². The lowest BCUT2D eigenvalue weighted by atomic mass is 10.1. The summed E-state index contributed by atoms with van der Waals surface area (Å²) in [4.78, 5) is 25.5. The molecule has 0 spiro atoms. The number of nitriles is 1. The third-order valence-corrected chi connectivity index (χ3v) is 5.39. The molecule has 30 heavy (non-hydrogen) atoms. The average Bonchev–Trinajstić information content (AvgIpc) is 3.29. The summed E-state index contributed by atoms with van der Waals surface area (Å²) in [7, 11) is 0. The summed E-state index contributed by atoms with van der Waals surface area (Å²) < 4.78 is 13.8. The Labute approximate surface area is 172 Å². The fraction of sp³-hybridized carbons (Fsp3) is 0.273. The first-order valence-electron chi connectivity index (χ1n) is 9.42. The highest BCUT2D eigenvalue weighted by Crippen LogP contribution is 2.35. The molecule has 0 radical (unpaired) electrons. The molecule has 1 aliphatic heterocycles. The maximum absolute atomic E-state index is 13.0. The van der Waals surface area contributed by atoms with Crippen LogP contribution in [-0.4, -0.2) is 26.9 Å². The molecule has 3 heterocycles. The highest BCUT2D eigenvalue weighted by molar-refractivity contribution is 5.97. The number of benzene rings is 1. The van der Waals surface area contributed by atoms with Crippen LogP contribution in [0.5, 0.6) is 11.5 Å². The van der Waals surface area contributed by atoms with Gasteiger partial charge in [-0.3, -0.25) is 9.59 Å². The second-order valence-electron chi connectivity index (χ2n) is 7.24. The van der Waals surface area contributed by atoms with E-state index in [9.17, 15) is 14.9 Å². The highest BCUT2D eigenvalue weighted by Gasteiger charge is 2.21. The van der Waals surface area contributed by atoms with Gasteiger partial charge in [0.25, 0.3) is 5.56 Å². The standard InChI is InChI=1S/C22H20N4O4/c1-12-7-17(15(4)26(12)16-5-6-20-21(8-16)30-11-29-20)19(27)10-25-22(28)18(9-23)13(2)14(3)24-25/h5-8H,10-11H2,1-4H3. The number of fused-ring (bicyclic) bond motifs is 1. The van der Waals surface area contributed by atoms with Crippen LogP contribution in [0.15, 0.2) is 29.1 Å². The van der Waals surface area contributed by atoms with Crippen molar-refractivity contribution >= 4 is 5.78 Å². The minimum absolute atomic E-state index is 0.0149. The maximum atomic E-state index is 13.0. The van der Waals surface area contributed by atoms with Crippen molar-refractivity contribution in [3.8, 4) is 23.3 Å². The van der Waals surface area contributed by atoms with Crippen LogP contribution in [0.4, 0.5) is 0 Å². The van der Waals surface area contributed by atoms with E-state index in [0.717, 1.165) is 21.8 Å². The highest BCUT2D eigenvalue weighted by atomic mass is 16.7. The molecule has 0 bridgehead atoms. The zero-order valence-electron chi connectivity index (χ0n) is 17.1. The van der Waals surface area contributed by atoms with E-state index in [1.165, 1.54) is 0 Å². The van der Waals surface area contributed by atoms with Gasteiger partial charge >= 0.3 is 0 Å². The van der Waals surface area contributed by atoms with Gasteiger partial charge in [-0.25, -0.2) is 4.68 Å². The Morgan fingerprint density at radius 1 is 1.17 bits per heavy atom. The molecule has 8 nitrogen and oxygen atoms in total. The summed E-state index contributed by atoms with van der Waals surface area (Å²) in [5, 5.41) is 13.5. The van der Waals surface area contributed by atoms with Crippen molar-refractivity contribution in [2.45, 2.75) is 34.2 Å². The number of ketones is 1. The monoisotopic (exact) mass is 404 g/mol. The number of rotatable bonds is 4. The van der Waals surface area contributed by atoms with Crippen LogP contribution < -0.4 is 15.0 Å². The van der Waals surface area contributed by atoms with Crippen molar-refractivity contribution in [1.82, 2.24) is 14.3 Å². The smallest absolute Gasteiger partial charge is 0.285 e. The zero-order chi connectivity index (χ0) is 21.6. The van der Waals surface area contributed by atoms with Crippen molar-refractivity contribution in [2.75, 3.05) is 6.79 Å². The Hall–Kier alpha value is -3.86. The first-order chi connectivity index (χ1) is 14.3. The van der Waals surface area contributed by atoms with Crippen LogP contribution in [0.2, 0.25) is 0 Å². The predicted molar refractivity (Wildman–Crippen MR) is 108 cm³/mol. The predicted octanol–water partition coefficient (Wildman–Crippen LogP) is 2.75. The summed E-state index contributed by atoms with van der Waals surface area (Å²) >= 11 is 0. The summed E-state index contributed by atoms with van der Waals surface area (Å²) in [5.41, 5.74) is 3.50. The van der Waals surface area contributed by atoms with Crippen LogP contribution >= 0.6 is 0 Å². The number of aromatic nitrogens is 3. The lowest BCUT2D eigenvalue weighted by Crippen LogP contribution is -2.30. The zero-order valence-corrected chi connectivity index (χ0v) is 17.1. The molecule has 1 aromatic carbocycles. The Balaban J connectivity index is 1.71. The number of carbonyl (C=O) groups is 1. The van der Waals surface area contributed by atoms with E-state index in [4.69, 9.17) is 9.47 Å². The number of hydrogen-bond acceptors (Lipinski definition) is 6. The van der Waals surface area contributed by atoms with E-state index in [1.54, 1.807) is 19.9 Å². The van der Waals surface area contributed by atoms with Gasteiger partial charge in [-0.1, -0.05) is 0 Å². The topological polar surface area (TPSA) is 99.1 Å². The summed E-state index contributed by atoms with van der Waals surface area (Å²) in [6, 6.07) is 9.30. The molecular formula is C22H20N4O4. The number of ether oxygens (including phenoxy) is 2. The van der Waals surface area contributed by atoms with Crippen molar-refractivity contribution in [1.29, 1.82) is 5.26 Å². The minimum atomic E-state index is -0.557. The molecule has 2 aromatic heterocycles. The van der Waals surface area contributed by atoms with E-state index in [2.05, 4.69) is 5.10 Å². The number of carbonyl (C=O) groups excluding carboxylic acids is 1. The van der Waals surface area contributed by atoms with E-state index in [0.29, 0.717) is 28.3 Å². The molecule has 0 aliphatic carbocycles. The second kappa shape index (κ2) is 7.19. The van der Waals surface area contributed by atoms with Crippen LogP contribution in [0.3, 0.4) is 0 Å². The fourth-order valence-electron chi connectivity index (χ4n) is 3.70. The lowest BCUT2D eigenvalue weighted by Gasteiger charge is -2.11. The quantitative estimate of drug-likeness (QED) is 0.620. The van der Waals surface area contributed by atoms with Crippen LogP contribution in [0.25, 0.3) is 5.69 Å². The molecule has 0 fully saturated rings. The molecule has 3 aromatic rings. The Morgan fingerprint density at radius 2 is 1.90 bits per heavy atom. The summed E-state index contributed by atoms with van der Waals surface area (Å²) in [5.74, 6) is 1.09. The molecule has 8 heteroatoms. The number of Topliss-reactive ketones (excluding diaryl/α,β-unsaturated/α-hetero) is 1. The van der Waals surface area contributed by atoms with Gasteiger partial charge in [0.2, 0.25) is 6.79 Å². The van der Waals surface area contributed by atoms with Gasteiger partial charge in [-0.05, 0) is 51.5 Å². The van der Waals surface area contributed by atoms with Crippen LogP contribution in [0, 0.1) is 39.0 Å². The van der Waals surface area contributed by atoms with E-state index < -0.39 is 5.56 Å². The van der Waals surface area contributed by atoms with Crippen LogP contribution in [0.1, 0.15) is 38.6 Å². The SMILES string of the molecule is Cc1nn(CC(=O)c2cc(C)n(-c3ccc4c(c3)OCO4)c2C)c(=O)c(C#N)c1C. The largest absolute Gasteiger partial charge is 0.454 e. The van der Waals surface area contributed by atoms with E-state index in [1.807, 2.05) is 42.7 Å². The minimum Gasteiger partial charge on any atom is -0.454 e. The van der Waals surface area contributed by atoms with E-state index >= 15 is 0 Å². The molecule has 0 atom stereocenters. The summed E-state index contributed by atoms with van der Waals surface area (Å²) in [6.07, 6.45) is 0. The molecular weight excluding hydrogens is 384 g/mol. The molecule has 4 rings (SSSR count). The fourth-order valence-corrected chi connectivity index (χ4v) is 3.70. The first-order valence-corrected chi connectivity index (χ1v) is 9.42. The normalized spacial score (nSPS) is 12.1. The number of nitrogens with zero attached hydrogens (tertiary/aromatic N) is 4. The second-order valence-corrected chi connectivity index (χ2v) is 7.24. The third kappa shape index (κ3) is 3.05.